The lowest BCUT2D eigenvalue weighted by Crippen LogP contribution is -1.96. The molecule has 0 heterocycles. The molecule has 5 heteroatoms. The van der Waals surface area contributed by atoms with E-state index in [9.17, 15) is 0 Å². The maximum atomic E-state index is 4.35. The normalized spacial score (nSPS) is 10.4. The molecule has 0 amide bonds. The molecule has 0 aliphatic heterocycles. The molecule has 20 aromatic rings. The van der Waals surface area contributed by atoms with Gasteiger partial charge in [0.05, 0.1) is 28.5 Å². The van der Waals surface area contributed by atoms with Gasteiger partial charge in [0.1, 0.15) is 0 Å². The van der Waals surface area contributed by atoms with Crippen molar-refractivity contribution in [1.29, 1.82) is 0 Å². The topological polar surface area (TPSA) is 61.8 Å². The molecule has 0 aliphatic carbocycles. The van der Waals surface area contributed by atoms with E-state index in [0.29, 0.717) is 0 Å². The third-order valence-electron chi connectivity index (χ3n) is 22.0. The van der Waals surface area contributed by atoms with Gasteiger partial charge in [-0.05, 0) is 210 Å². The van der Waals surface area contributed by atoms with Crippen LogP contribution in [-0.4, -0.2) is 17.6 Å². The van der Waals surface area contributed by atoms with Crippen molar-refractivity contribution in [2.45, 2.75) is 83.1 Å². The van der Waals surface area contributed by atoms with Crippen LogP contribution in [0.4, 0.5) is 17.1 Å². The summed E-state index contributed by atoms with van der Waals surface area (Å²) in [5.74, 6) is 0. The van der Waals surface area contributed by atoms with Crippen LogP contribution in [0.1, 0.15) is 103 Å². The highest BCUT2D eigenvalue weighted by molar-refractivity contribution is 6.02. The second kappa shape index (κ2) is 64.1. The van der Waals surface area contributed by atoms with Crippen LogP contribution < -0.4 is 0 Å². The standard InChI is InChI=1S/C18H14.C16H16N2.C16H16.C14H14N2.C13H11N.2C12H10.C10H8.2C8H10.C6H6.C2H6/c1-3-7-15(8-4-1)17-11-13-18(14-12-17)16-9-5-2-6-10-16;1-13(15-9-5-3-6-10-15)17-18-14(2)16-11-7-4-8-12-16;1-13(15-9-5-3-6-10-15)14(2)16-11-7-4-8-12-16;1-11-7-3-5-9-13(11)15-16-14-10-6-4-8-12(14)2;1-3-7-12(8-4-1)11-14-13-9-5-2-6-10-13;2*1-3-7-11(8-4-1)12-9-5-2-6-10-12;1-2-6-10-8-4-3-7-9(10)5-1;1-7-3-5-8(2)6-4-7;1-7-5-3-4-6-8(7)2;1-2-4-6-5-3-1;1-2/h1-14H;3-12H,1-2H3;3-12H,1-2H3;3-10H,1-2H3;1-11H;2*1-10H;1-8H;2*3-6H,1-2H3;1-6H;1-2H3/b;;14-13-;;;;;;;;;. The van der Waals surface area contributed by atoms with Crippen molar-refractivity contribution in [3.63, 3.8) is 0 Å². The molecule has 140 heavy (non-hydrogen) atoms. The van der Waals surface area contributed by atoms with Gasteiger partial charge in [0, 0.05) is 6.21 Å². The molecule has 0 unspecified atom stereocenters. The number of azo groups is 1. The van der Waals surface area contributed by atoms with Crippen molar-refractivity contribution < 1.29 is 0 Å². The first-order valence-corrected chi connectivity index (χ1v) is 47.8. The number of aryl methyl sites for hydroxylation is 6. The quantitative estimate of drug-likeness (QED) is 0.0478. The zero-order valence-corrected chi connectivity index (χ0v) is 83.1. The van der Waals surface area contributed by atoms with Gasteiger partial charge in [-0.15, -0.1) is 0 Å². The Balaban J connectivity index is 0.000000174. The van der Waals surface area contributed by atoms with Crippen LogP contribution >= 0.6 is 0 Å². The molecule has 20 aromatic carbocycles. The molecule has 0 fully saturated rings. The lowest BCUT2D eigenvalue weighted by atomic mass is 9.97. The molecule has 0 aromatic heterocycles. The molecule has 0 spiro atoms. The van der Waals surface area contributed by atoms with Gasteiger partial charge in [0.15, 0.2) is 0 Å². The molecule has 0 atom stereocenters. The highest BCUT2D eigenvalue weighted by atomic mass is 15.2. The number of benzene rings is 20. The minimum atomic E-state index is 0.922. The van der Waals surface area contributed by atoms with Crippen LogP contribution in [0.3, 0.4) is 0 Å². The van der Waals surface area contributed by atoms with E-state index in [2.05, 4.69) is 395 Å². The number of nitrogens with zero attached hydrogens (tertiary/aromatic N) is 5. The molecule has 20 rings (SSSR count). The van der Waals surface area contributed by atoms with E-state index in [1.54, 1.807) is 0 Å². The van der Waals surface area contributed by atoms with Crippen LogP contribution in [0.2, 0.25) is 0 Å². The van der Waals surface area contributed by atoms with Crippen LogP contribution in [0.15, 0.2) is 596 Å². The Hall–Kier alpha value is -17.0. The predicted molar refractivity (Wildman–Crippen MR) is 610 cm³/mol. The predicted octanol–water partition coefficient (Wildman–Crippen LogP) is 38.6. The number of allylic oxidation sites excluding steroid dienone is 2. The average molecular weight is 1820 g/mol. The van der Waals surface area contributed by atoms with E-state index in [1.165, 1.54) is 99.8 Å². The summed E-state index contributed by atoms with van der Waals surface area (Å²) in [7, 11) is 0. The van der Waals surface area contributed by atoms with E-state index in [1.807, 2.05) is 290 Å². The van der Waals surface area contributed by atoms with Crippen LogP contribution in [-0.2, 0) is 0 Å². The zero-order valence-electron chi connectivity index (χ0n) is 83.1. The summed E-state index contributed by atoms with van der Waals surface area (Å²) in [5.41, 5.74) is 31.1. The SMILES string of the molecule is C(=Nc1ccccc1)c1ccccc1.C/C(=C(\C)c1ccccc1)c1ccccc1.CC.CC(=NN=C(C)c1ccccc1)c1ccccc1.Cc1ccc(C)cc1.Cc1ccccc1C.Cc1ccccc1N=Nc1ccccc1C.c1ccc(-c2ccc(-c3ccccc3)cc2)cc1.c1ccc(-c2ccccc2)cc1.c1ccc(-c2ccccc2)cc1.c1ccc2ccccc2c1.c1ccccc1. The Bertz CT molecular complexity index is 6320. The summed E-state index contributed by atoms with van der Waals surface area (Å²) in [6.07, 6.45) is 1.87. The van der Waals surface area contributed by atoms with Gasteiger partial charge in [-0.3, -0.25) is 4.99 Å². The average Bonchev–Trinajstić information content (AvgIpc) is 0.849. The first kappa shape index (κ1) is 107. The van der Waals surface area contributed by atoms with E-state index < -0.39 is 0 Å². The lowest BCUT2D eigenvalue weighted by Gasteiger charge is -2.08. The molecule has 5 nitrogen and oxygen atoms in total. The minimum absolute atomic E-state index is 0.922. The molecule has 0 saturated heterocycles. The van der Waals surface area contributed by atoms with Crippen molar-refractivity contribution in [3.8, 4) is 44.5 Å². The van der Waals surface area contributed by atoms with Crippen LogP contribution in [0.5, 0.6) is 0 Å². The molecule has 0 radical (unpaired) electrons. The second-order valence-corrected chi connectivity index (χ2v) is 32.4. The molecule has 0 saturated carbocycles. The van der Waals surface area contributed by atoms with Crippen molar-refractivity contribution in [2.75, 3.05) is 0 Å². The third kappa shape index (κ3) is 40.7. The van der Waals surface area contributed by atoms with Gasteiger partial charge in [-0.25, -0.2) is 0 Å². The fourth-order valence-electron chi connectivity index (χ4n) is 13.6. The fourth-order valence-corrected chi connectivity index (χ4v) is 13.6. The second-order valence-electron chi connectivity index (χ2n) is 32.4. The number of hydrogen-bond donors (Lipinski definition) is 0. The van der Waals surface area contributed by atoms with E-state index in [-0.39, 0.29) is 0 Å². The number of fused-ring (bicyclic) bond motifs is 1. The Morgan fingerprint density at radius 1 is 0.179 bits per heavy atom. The summed E-state index contributed by atoms with van der Waals surface area (Å²) >= 11 is 0. The largest absolute Gasteiger partial charge is 0.256 e. The third-order valence-corrected chi connectivity index (χ3v) is 22.0. The molecule has 0 bridgehead atoms. The lowest BCUT2D eigenvalue weighted by molar-refractivity contribution is 1.19. The van der Waals surface area contributed by atoms with Gasteiger partial charge >= 0.3 is 0 Å². The van der Waals surface area contributed by atoms with Crippen molar-refractivity contribution in [1.82, 2.24) is 0 Å². The molecular formula is C135H131N5. The summed E-state index contributed by atoms with van der Waals surface area (Å²) < 4.78 is 0. The van der Waals surface area contributed by atoms with Crippen LogP contribution in [0.25, 0.3) is 66.4 Å². The van der Waals surface area contributed by atoms with Crippen molar-refractivity contribution >= 4 is 56.6 Å². The number of rotatable bonds is 13. The Morgan fingerprint density at radius 3 is 0.621 bits per heavy atom. The summed E-state index contributed by atoms with van der Waals surface area (Å²) in [6, 6.07) is 194. The molecule has 0 N–H and O–H groups in total. The molecule has 0 aliphatic rings. The first-order valence-electron chi connectivity index (χ1n) is 47.8. The minimum Gasteiger partial charge on any atom is -0.256 e. The summed E-state index contributed by atoms with van der Waals surface area (Å²) in [4.78, 5) is 4.35. The van der Waals surface area contributed by atoms with E-state index in [0.717, 1.165) is 56.3 Å². The zero-order chi connectivity index (χ0) is 98.9. The number of aliphatic imine (C=N–C) groups is 1. The maximum absolute atomic E-state index is 4.35. The van der Waals surface area contributed by atoms with Gasteiger partial charge < -0.3 is 0 Å². The summed E-state index contributed by atoms with van der Waals surface area (Å²) in [5, 5.41) is 19.7. The van der Waals surface area contributed by atoms with Crippen molar-refractivity contribution in [2.24, 2.45) is 25.4 Å². The van der Waals surface area contributed by atoms with Gasteiger partial charge in [0.25, 0.3) is 0 Å². The molecular weight excluding hydrogens is 1690 g/mol. The smallest absolute Gasteiger partial charge is 0.0886 e. The van der Waals surface area contributed by atoms with Crippen molar-refractivity contribution in [3.05, 3.63) is 631 Å². The fraction of sp³-hybridized carbons (Fsp3) is 0.0889. The van der Waals surface area contributed by atoms with Gasteiger partial charge in [0.2, 0.25) is 0 Å². The highest BCUT2D eigenvalue weighted by Gasteiger charge is 2.05. The summed E-state index contributed by atoms with van der Waals surface area (Å²) in [6.45, 7) is 24.8. The monoisotopic (exact) mass is 1820 g/mol. The number of para-hydroxylation sites is 1. The number of hydrogen-bond acceptors (Lipinski definition) is 5. The first-order chi connectivity index (χ1) is 68.7. The Labute approximate surface area is 835 Å². The van der Waals surface area contributed by atoms with Crippen LogP contribution in [0, 0.1) is 41.5 Å². The van der Waals surface area contributed by atoms with E-state index in [4.69, 9.17) is 0 Å². The van der Waals surface area contributed by atoms with E-state index >= 15 is 0 Å². The maximum Gasteiger partial charge on any atom is 0.0886 e. The highest BCUT2D eigenvalue weighted by Crippen LogP contribution is 2.29. The Kier molecular flexibility index (Phi) is 48.8. The van der Waals surface area contributed by atoms with Gasteiger partial charge in [-0.2, -0.15) is 20.4 Å². The van der Waals surface area contributed by atoms with Gasteiger partial charge in [-0.1, -0.05) is 571 Å². The Morgan fingerprint density at radius 2 is 0.371 bits per heavy atom. The molecule has 696 valence electrons.